The molecule has 2 aromatic rings. The molecule has 0 aliphatic carbocycles. The molecule has 152 valence electrons. The summed E-state index contributed by atoms with van der Waals surface area (Å²) in [5, 5.41) is 0.516. The molecular weight excluding hydrogens is 388 g/mol. The summed E-state index contributed by atoms with van der Waals surface area (Å²) in [4.78, 5) is 30.7. The van der Waals surface area contributed by atoms with Gasteiger partial charge in [-0.15, -0.1) is 0 Å². The van der Waals surface area contributed by atoms with Crippen LogP contribution in [0.25, 0.3) is 0 Å². The minimum absolute atomic E-state index is 0.0360. The van der Waals surface area contributed by atoms with Crippen LogP contribution < -0.4 is 4.74 Å². The zero-order chi connectivity index (χ0) is 20.6. The molecule has 2 aromatic carbocycles. The van der Waals surface area contributed by atoms with E-state index in [2.05, 4.69) is 11.8 Å². The number of halogens is 1. The number of carbonyl (C=O) groups excluding carboxylic acids is 2. The Morgan fingerprint density at radius 3 is 2.45 bits per heavy atom. The van der Waals surface area contributed by atoms with Crippen LogP contribution in [0.4, 0.5) is 0 Å². The molecule has 1 atom stereocenters. The lowest BCUT2D eigenvalue weighted by Crippen LogP contribution is -2.50. The van der Waals surface area contributed by atoms with E-state index in [0.29, 0.717) is 29.4 Å². The standard InChI is InChI=1S/C23H25ClN2O3/c1-3-25-10-12-26(13-11-25)21(27)15-23(17-6-4-16(2)5-7-17)19-14-18(24)8-9-20(19)29-22(23)28/h4-9,14H,3,10-13,15H2,1-2H3. The van der Waals surface area contributed by atoms with Gasteiger partial charge < -0.3 is 14.5 Å². The molecule has 5 nitrogen and oxygen atoms in total. The lowest BCUT2D eigenvalue weighted by atomic mass is 9.72. The number of rotatable bonds is 4. The van der Waals surface area contributed by atoms with Gasteiger partial charge in [-0.1, -0.05) is 48.4 Å². The average Bonchev–Trinajstić information content (AvgIpc) is 3.00. The smallest absolute Gasteiger partial charge is 0.327 e. The highest BCUT2D eigenvalue weighted by atomic mass is 35.5. The van der Waals surface area contributed by atoms with E-state index in [1.54, 1.807) is 18.2 Å². The van der Waals surface area contributed by atoms with Crippen LogP contribution in [0.5, 0.6) is 5.75 Å². The SMILES string of the molecule is CCN1CCN(C(=O)CC2(c3ccc(C)cc3)C(=O)Oc3ccc(Cl)cc32)CC1. The van der Waals surface area contributed by atoms with Gasteiger partial charge in [0.25, 0.3) is 0 Å². The Kier molecular flexibility index (Phi) is 5.36. The van der Waals surface area contributed by atoms with E-state index >= 15 is 0 Å². The third kappa shape index (κ3) is 3.53. The van der Waals surface area contributed by atoms with E-state index in [-0.39, 0.29) is 12.3 Å². The summed E-state index contributed by atoms with van der Waals surface area (Å²) in [7, 11) is 0. The summed E-state index contributed by atoms with van der Waals surface area (Å²) in [5.74, 6) is 0.0221. The minimum Gasteiger partial charge on any atom is -0.425 e. The Morgan fingerprint density at radius 2 is 1.79 bits per heavy atom. The van der Waals surface area contributed by atoms with Crippen LogP contribution in [0, 0.1) is 6.92 Å². The number of amides is 1. The first-order valence-electron chi connectivity index (χ1n) is 10.0. The molecule has 0 radical (unpaired) electrons. The zero-order valence-electron chi connectivity index (χ0n) is 16.8. The van der Waals surface area contributed by atoms with Crippen molar-refractivity contribution >= 4 is 23.5 Å². The van der Waals surface area contributed by atoms with E-state index in [1.807, 2.05) is 36.1 Å². The summed E-state index contributed by atoms with van der Waals surface area (Å²) < 4.78 is 5.61. The fourth-order valence-electron chi connectivity index (χ4n) is 4.25. The Morgan fingerprint density at radius 1 is 1.10 bits per heavy atom. The molecule has 6 heteroatoms. The zero-order valence-corrected chi connectivity index (χ0v) is 17.5. The molecule has 4 rings (SSSR count). The Balaban J connectivity index is 1.73. The molecule has 1 unspecified atom stereocenters. The van der Waals surface area contributed by atoms with Gasteiger partial charge in [0.2, 0.25) is 5.91 Å². The Labute approximate surface area is 176 Å². The number of esters is 1. The van der Waals surface area contributed by atoms with Crippen LogP contribution in [0.2, 0.25) is 5.02 Å². The number of fused-ring (bicyclic) bond motifs is 1. The van der Waals surface area contributed by atoms with Crippen molar-refractivity contribution in [3.05, 3.63) is 64.2 Å². The molecule has 0 bridgehead atoms. The van der Waals surface area contributed by atoms with Crippen LogP contribution in [-0.2, 0) is 15.0 Å². The molecule has 1 amide bonds. The fraction of sp³-hybridized carbons (Fsp3) is 0.391. The van der Waals surface area contributed by atoms with Crippen molar-refractivity contribution in [2.24, 2.45) is 0 Å². The second-order valence-corrected chi connectivity index (χ2v) is 8.23. The molecule has 1 fully saturated rings. The van der Waals surface area contributed by atoms with Gasteiger partial charge in [0.15, 0.2) is 0 Å². The van der Waals surface area contributed by atoms with Crippen molar-refractivity contribution in [3.63, 3.8) is 0 Å². The largest absolute Gasteiger partial charge is 0.425 e. The van der Waals surface area contributed by atoms with Crippen LogP contribution in [0.1, 0.15) is 30.0 Å². The van der Waals surface area contributed by atoms with Crippen molar-refractivity contribution < 1.29 is 14.3 Å². The van der Waals surface area contributed by atoms with Crippen molar-refractivity contribution in [1.82, 2.24) is 9.80 Å². The lowest BCUT2D eigenvalue weighted by molar-refractivity contribution is -0.142. The minimum atomic E-state index is -1.17. The van der Waals surface area contributed by atoms with Crippen molar-refractivity contribution in [2.75, 3.05) is 32.7 Å². The second-order valence-electron chi connectivity index (χ2n) is 7.79. The van der Waals surface area contributed by atoms with Gasteiger partial charge in [0.1, 0.15) is 11.2 Å². The number of aryl methyl sites for hydroxylation is 1. The molecule has 2 aliphatic rings. The highest BCUT2D eigenvalue weighted by Gasteiger charge is 2.52. The van der Waals surface area contributed by atoms with Crippen LogP contribution in [0.15, 0.2) is 42.5 Å². The predicted molar refractivity (Wildman–Crippen MR) is 112 cm³/mol. The highest BCUT2D eigenvalue weighted by Crippen LogP contribution is 2.48. The van der Waals surface area contributed by atoms with E-state index in [9.17, 15) is 9.59 Å². The number of nitrogens with zero attached hydrogens (tertiary/aromatic N) is 2. The number of hydrogen-bond acceptors (Lipinski definition) is 4. The average molecular weight is 413 g/mol. The second kappa shape index (κ2) is 7.81. The maximum absolute atomic E-state index is 13.3. The molecule has 1 saturated heterocycles. The topological polar surface area (TPSA) is 49.9 Å². The maximum Gasteiger partial charge on any atom is 0.327 e. The van der Waals surface area contributed by atoms with Gasteiger partial charge in [0.05, 0.1) is 6.42 Å². The van der Waals surface area contributed by atoms with Crippen molar-refractivity contribution in [3.8, 4) is 5.75 Å². The molecule has 0 saturated carbocycles. The van der Waals surface area contributed by atoms with Crippen molar-refractivity contribution in [1.29, 1.82) is 0 Å². The van der Waals surface area contributed by atoms with Crippen LogP contribution >= 0.6 is 11.6 Å². The summed E-state index contributed by atoms with van der Waals surface area (Å²) in [6.45, 7) is 8.15. The first-order chi connectivity index (χ1) is 13.9. The van der Waals surface area contributed by atoms with Crippen LogP contribution in [0.3, 0.4) is 0 Å². The number of likely N-dealkylation sites (N-methyl/N-ethyl adjacent to an activating group) is 1. The monoisotopic (exact) mass is 412 g/mol. The summed E-state index contributed by atoms with van der Waals surface area (Å²) in [6, 6.07) is 12.9. The third-order valence-electron chi connectivity index (χ3n) is 6.09. The first-order valence-corrected chi connectivity index (χ1v) is 10.4. The first kappa shape index (κ1) is 19.9. The van der Waals surface area contributed by atoms with Crippen molar-refractivity contribution in [2.45, 2.75) is 25.7 Å². The van der Waals surface area contributed by atoms with Gasteiger partial charge in [-0.25, -0.2) is 0 Å². The van der Waals surface area contributed by atoms with E-state index < -0.39 is 11.4 Å². The maximum atomic E-state index is 13.3. The van der Waals surface area contributed by atoms with E-state index in [0.717, 1.165) is 30.8 Å². The molecular formula is C23H25ClN2O3. The van der Waals surface area contributed by atoms with E-state index in [1.165, 1.54) is 0 Å². The summed E-state index contributed by atoms with van der Waals surface area (Å²) in [5.41, 5.74) is 1.34. The third-order valence-corrected chi connectivity index (χ3v) is 6.32. The quantitative estimate of drug-likeness (QED) is 0.570. The number of hydrogen-bond donors (Lipinski definition) is 0. The fourth-order valence-corrected chi connectivity index (χ4v) is 4.43. The molecule has 0 aromatic heterocycles. The van der Waals surface area contributed by atoms with Gasteiger partial charge in [-0.2, -0.15) is 0 Å². The Hall–Kier alpha value is -2.37. The molecule has 29 heavy (non-hydrogen) atoms. The molecule has 2 heterocycles. The molecule has 0 N–H and O–H groups in total. The molecule has 0 spiro atoms. The van der Waals surface area contributed by atoms with Gasteiger partial charge >= 0.3 is 5.97 Å². The lowest BCUT2D eigenvalue weighted by Gasteiger charge is -2.36. The predicted octanol–water partition coefficient (Wildman–Crippen LogP) is 3.41. The van der Waals surface area contributed by atoms with E-state index in [4.69, 9.17) is 16.3 Å². The van der Waals surface area contributed by atoms with Gasteiger partial charge in [-0.3, -0.25) is 9.59 Å². The van der Waals surface area contributed by atoms with Gasteiger partial charge in [-0.05, 0) is 37.2 Å². The summed E-state index contributed by atoms with van der Waals surface area (Å²) >= 11 is 6.26. The van der Waals surface area contributed by atoms with Crippen LogP contribution in [-0.4, -0.2) is 54.4 Å². The highest BCUT2D eigenvalue weighted by molar-refractivity contribution is 6.30. The molecule has 2 aliphatic heterocycles. The number of piperazine rings is 1. The number of ether oxygens (including phenoxy) is 1. The normalized spacial score (nSPS) is 21.8. The number of carbonyl (C=O) groups is 2. The number of benzene rings is 2. The van der Waals surface area contributed by atoms with Gasteiger partial charge in [0, 0.05) is 36.8 Å². The Bertz CT molecular complexity index is 936. The summed E-state index contributed by atoms with van der Waals surface area (Å²) in [6.07, 6.45) is 0.0361.